The van der Waals surface area contributed by atoms with Crippen molar-refractivity contribution in [3.05, 3.63) is 106 Å². The first-order valence-corrected chi connectivity index (χ1v) is 12.0. The quantitative estimate of drug-likeness (QED) is 0.430. The maximum atomic E-state index is 15.0. The summed E-state index contributed by atoms with van der Waals surface area (Å²) in [6.07, 6.45) is 11.5. The number of halogens is 1. The molecule has 0 N–H and O–H groups in total. The summed E-state index contributed by atoms with van der Waals surface area (Å²) in [6.45, 7) is 4.36. The van der Waals surface area contributed by atoms with Crippen LogP contribution < -0.4 is 10.2 Å². The fourth-order valence-corrected chi connectivity index (χ4v) is 4.83. The van der Waals surface area contributed by atoms with Crippen molar-refractivity contribution >= 4 is 28.8 Å². The van der Waals surface area contributed by atoms with Crippen molar-refractivity contribution in [2.75, 3.05) is 13.7 Å². The standard InChI is InChI=1S/C30H25FN2O4/c1-3-19-12-15-25(31)26-27(19)32(18-24(28(26)34)20-10-13-21(37-2)14-11-20)16-7-17-33-29(35)22-8-5-4-6-9-23(22)30(33)36/h3,5-6,8-15,18H,1,4,7,16-17H2,2H3. The van der Waals surface area contributed by atoms with Crippen LogP contribution in [0.15, 0.2) is 89.4 Å². The van der Waals surface area contributed by atoms with E-state index in [4.69, 9.17) is 4.74 Å². The molecule has 0 saturated carbocycles. The van der Waals surface area contributed by atoms with Crippen LogP contribution in [0.4, 0.5) is 4.39 Å². The second-order valence-corrected chi connectivity index (χ2v) is 8.84. The molecule has 0 fully saturated rings. The Kier molecular flexibility index (Phi) is 6.44. The van der Waals surface area contributed by atoms with Gasteiger partial charge in [0.25, 0.3) is 11.8 Å². The summed E-state index contributed by atoms with van der Waals surface area (Å²) < 4.78 is 22.1. The minimum atomic E-state index is -0.619. The molecule has 6 nitrogen and oxygen atoms in total. The number of hydrogen-bond acceptors (Lipinski definition) is 4. The highest BCUT2D eigenvalue weighted by Gasteiger charge is 2.35. The van der Waals surface area contributed by atoms with Crippen LogP contribution in [0.5, 0.6) is 5.75 Å². The fourth-order valence-electron chi connectivity index (χ4n) is 4.83. The number of carbonyl (C=O) groups excluding carboxylic acids is 2. The Morgan fingerprint density at radius 3 is 2.27 bits per heavy atom. The second kappa shape index (κ2) is 9.85. The fraction of sp³-hybridized carbons (Fsp3) is 0.167. The van der Waals surface area contributed by atoms with E-state index in [9.17, 15) is 14.4 Å². The van der Waals surface area contributed by atoms with E-state index in [-0.39, 0.29) is 23.7 Å². The number of nitrogens with zero attached hydrogens (tertiary/aromatic N) is 2. The molecule has 3 aromatic rings. The third-order valence-electron chi connectivity index (χ3n) is 6.69. The van der Waals surface area contributed by atoms with E-state index in [1.54, 1.807) is 66.4 Å². The van der Waals surface area contributed by atoms with Gasteiger partial charge in [0.05, 0.1) is 29.2 Å². The molecule has 1 aliphatic heterocycles. The molecule has 1 aliphatic carbocycles. The number of aromatic nitrogens is 1. The number of ether oxygens (including phenoxy) is 1. The largest absolute Gasteiger partial charge is 0.497 e. The van der Waals surface area contributed by atoms with Crippen molar-refractivity contribution in [3.8, 4) is 16.9 Å². The Hall–Kier alpha value is -4.52. The number of amides is 2. The van der Waals surface area contributed by atoms with Crippen LogP contribution in [0, 0.1) is 5.82 Å². The predicted molar refractivity (Wildman–Crippen MR) is 142 cm³/mol. The van der Waals surface area contributed by atoms with Crippen LogP contribution in [0.2, 0.25) is 0 Å². The maximum Gasteiger partial charge on any atom is 0.261 e. The van der Waals surface area contributed by atoms with Gasteiger partial charge >= 0.3 is 0 Å². The normalized spacial score (nSPS) is 14.9. The summed E-state index contributed by atoms with van der Waals surface area (Å²) in [7, 11) is 1.56. The number of pyridine rings is 1. The molecule has 1 aromatic heterocycles. The van der Waals surface area contributed by atoms with Gasteiger partial charge in [0.2, 0.25) is 0 Å². The van der Waals surface area contributed by atoms with Crippen molar-refractivity contribution in [1.29, 1.82) is 0 Å². The number of imide groups is 1. The molecule has 0 atom stereocenters. The topological polar surface area (TPSA) is 68.6 Å². The van der Waals surface area contributed by atoms with E-state index in [1.807, 2.05) is 12.2 Å². The number of aryl methyl sites for hydroxylation is 1. The van der Waals surface area contributed by atoms with Crippen molar-refractivity contribution < 1.29 is 18.7 Å². The van der Waals surface area contributed by atoms with Crippen molar-refractivity contribution in [2.24, 2.45) is 0 Å². The minimum absolute atomic E-state index is 0.0253. The van der Waals surface area contributed by atoms with Crippen LogP contribution in [0.25, 0.3) is 28.1 Å². The summed E-state index contributed by atoms with van der Waals surface area (Å²) in [5, 5.41) is -0.0253. The molecule has 2 heterocycles. The molecule has 0 bridgehead atoms. The Balaban J connectivity index is 1.51. The summed E-state index contributed by atoms with van der Waals surface area (Å²) >= 11 is 0. The number of rotatable bonds is 7. The molecule has 0 spiro atoms. The number of hydrogen-bond donors (Lipinski definition) is 0. The van der Waals surface area contributed by atoms with Crippen molar-refractivity contribution in [1.82, 2.24) is 9.47 Å². The van der Waals surface area contributed by atoms with Gasteiger partial charge < -0.3 is 9.30 Å². The highest BCUT2D eigenvalue weighted by Crippen LogP contribution is 2.28. The monoisotopic (exact) mass is 496 g/mol. The van der Waals surface area contributed by atoms with Crippen LogP contribution in [-0.4, -0.2) is 34.9 Å². The molecule has 7 heteroatoms. The summed E-state index contributed by atoms with van der Waals surface area (Å²) in [5.41, 5.74) is 2.40. The zero-order valence-electron chi connectivity index (χ0n) is 20.4. The van der Waals surface area contributed by atoms with Gasteiger partial charge in [-0.05, 0) is 48.2 Å². The predicted octanol–water partition coefficient (Wildman–Crippen LogP) is 5.03. The highest BCUT2D eigenvalue weighted by molar-refractivity contribution is 6.22. The first-order chi connectivity index (χ1) is 17.9. The number of fused-ring (bicyclic) bond motifs is 1. The smallest absolute Gasteiger partial charge is 0.261 e. The lowest BCUT2D eigenvalue weighted by atomic mass is 10.0. The lowest BCUT2D eigenvalue weighted by Gasteiger charge is -2.19. The van der Waals surface area contributed by atoms with Crippen LogP contribution >= 0.6 is 0 Å². The Labute approximate surface area is 213 Å². The average molecular weight is 497 g/mol. The first kappa shape index (κ1) is 24.2. The van der Waals surface area contributed by atoms with E-state index in [2.05, 4.69) is 6.58 Å². The molecule has 186 valence electrons. The van der Waals surface area contributed by atoms with Crippen LogP contribution in [0.1, 0.15) is 18.4 Å². The van der Waals surface area contributed by atoms with E-state index in [1.165, 1.54) is 11.0 Å². The highest BCUT2D eigenvalue weighted by atomic mass is 19.1. The number of benzene rings is 2. The number of allylic oxidation sites excluding steroid dienone is 2. The molecule has 2 aromatic carbocycles. The van der Waals surface area contributed by atoms with Gasteiger partial charge in [-0.1, -0.05) is 49.1 Å². The third kappa shape index (κ3) is 4.22. The zero-order valence-corrected chi connectivity index (χ0v) is 20.4. The summed E-state index contributed by atoms with van der Waals surface area (Å²) in [5.74, 6) is -0.610. The Bertz CT molecular complexity index is 1560. The number of carbonyl (C=O) groups is 2. The third-order valence-corrected chi connectivity index (χ3v) is 6.69. The Morgan fingerprint density at radius 2 is 1.65 bits per heavy atom. The minimum Gasteiger partial charge on any atom is -0.497 e. The molecule has 0 unspecified atom stereocenters. The SMILES string of the molecule is C=Cc1ccc(F)c2c(=O)c(-c3ccc(OC)cc3)cn(CCCN3C(=O)C4=C(C=CCC=C4)C3=O)c12. The molecule has 37 heavy (non-hydrogen) atoms. The molecule has 0 saturated heterocycles. The zero-order chi connectivity index (χ0) is 26.1. The van der Waals surface area contributed by atoms with Gasteiger partial charge in [-0.15, -0.1) is 0 Å². The number of methoxy groups -OCH3 is 1. The van der Waals surface area contributed by atoms with E-state index in [0.29, 0.717) is 58.5 Å². The van der Waals surface area contributed by atoms with Gasteiger partial charge in [0.15, 0.2) is 5.43 Å². The first-order valence-electron chi connectivity index (χ1n) is 12.0. The molecule has 2 amide bonds. The molecular formula is C30H25FN2O4. The van der Waals surface area contributed by atoms with Gasteiger partial charge in [0.1, 0.15) is 11.6 Å². The maximum absolute atomic E-state index is 15.0. The van der Waals surface area contributed by atoms with Gasteiger partial charge in [-0.2, -0.15) is 0 Å². The van der Waals surface area contributed by atoms with Gasteiger partial charge in [-0.25, -0.2) is 4.39 Å². The molecular weight excluding hydrogens is 471 g/mol. The van der Waals surface area contributed by atoms with Gasteiger partial charge in [-0.3, -0.25) is 19.3 Å². The van der Waals surface area contributed by atoms with Crippen LogP contribution in [0.3, 0.4) is 0 Å². The summed E-state index contributed by atoms with van der Waals surface area (Å²) in [4.78, 5) is 40.4. The van der Waals surface area contributed by atoms with Crippen molar-refractivity contribution in [3.63, 3.8) is 0 Å². The summed E-state index contributed by atoms with van der Waals surface area (Å²) in [6, 6.07) is 9.84. The van der Waals surface area contributed by atoms with Gasteiger partial charge in [0, 0.05) is 24.8 Å². The lowest BCUT2D eigenvalue weighted by Crippen LogP contribution is -2.33. The van der Waals surface area contributed by atoms with Crippen LogP contribution in [-0.2, 0) is 16.1 Å². The molecule has 0 radical (unpaired) electrons. The van der Waals surface area contributed by atoms with E-state index in [0.717, 1.165) is 0 Å². The van der Waals surface area contributed by atoms with E-state index < -0.39 is 11.2 Å². The molecule has 5 rings (SSSR count). The lowest BCUT2D eigenvalue weighted by molar-refractivity contribution is -0.137. The molecule has 2 aliphatic rings. The average Bonchev–Trinajstić information content (AvgIpc) is 3.07. The second-order valence-electron chi connectivity index (χ2n) is 8.84. The van der Waals surface area contributed by atoms with Crippen molar-refractivity contribution in [2.45, 2.75) is 19.4 Å². The Morgan fingerprint density at radius 1 is 0.973 bits per heavy atom. The van der Waals surface area contributed by atoms with E-state index >= 15 is 4.39 Å².